The van der Waals surface area contributed by atoms with Crippen LogP contribution >= 0.6 is 0 Å². The molecule has 27 heavy (non-hydrogen) atoms. The van der Waals surface area contributed by atoms with Gasteiger partial charge in [0.15, 0.2) is 0 Å². The van der Waals surface area contributed by atoms with Gasteiger partial charge in [0.25, 0.3) is 5.91 Å². The van der Waals surface area contributed by atoms with Crippen molar-refractivity contribution in [1.82, 2.24) is 19.9 Å². The van der Waals surface area contributed by atoms with Gasteiger partial charge in [-0.2, -0.15) is 0 Å². The van der Waals surface area contributed by atoms with Gasteiger partial charge in [-0.3, -0.25) is 9.78 Å². The van der Waals surface area contributed by atoms with Gasteiger partial charge >= 0.3 is 0 Å². The molecule has 0 radical (unpaired) electrons. The minimum absolute atomic E-state index is 0.0216. The summed E-state index contributed by atoms with van der Waals surface area (Å²) in [4.78, 5) is 26.8. The smallest absolute Gasteiger partial charge is 0.254 e. The predicted octanol–water partition coefficient (Wildman–Crippen LogP) is 4.36. The van der Waals surface area contributed by atoms with E-state index in [1.54, 1.807) is 18.7 Å². The van der Waals surface area contributed by atoms with Crippen LogP contribution in [0.4, 0.5) is 0 Å². The summed E-state index contributed by atoms with van der Waals surface area (Å²) >= 11 is 0. The number of hydrogen-bond donors (Lipinski definition) is 1. The molecule has 2 heterocycles. The van der Waals surface area contributed by atoms with Gasteiger partial charge < -0.3 is 9.88 Å². The minimum atomic E-state index is -0.0772. The normalized spacial score (nSPS) is 12.0. The highest BCUT2D eigenvalue weighted by Gasteiger charge is 2.23. The molecule has 2 aromatic carbocycles. The Morgan fingerprint density at radius 2 is 1.96 bits per heavy atom. The molecule has 1 amide bonds. The maximum Gasteiger partial charge on any atom is 0.254 e. The van der Waals surface area contributed by atoms with Gasteiger partial charge in [-0.25, -0.2) is 4.98 Å². The third-order valence-electron chi connectivity index (χ3n) is 4.76. The number of imidazole rings is 1. The Labute approximate surface area is 157 Å². The summed E-state index contributed by atoms with van der Waals surface area (Å²) in [6, 6.07) is 19.5. The van der Waals surface area contributed by atoms with Gasteiger partial charge in [0, 0.05) is 23.3 Å². The lowest BCUT2D eigenvalue weighted by atomic mass is 10.0. The summed E-state index contributed by atoms with van der Waals surface area (Å²) in [6.45, 7) is 2.51. The van der Waals surface area contributed by atoms with Crippen LogP contribution in [0.3, 0.4) is 0 Å². The first-order chi connectivity index (χ1) is 13.2. The number of aromatic amines is 1. The van der Waals surface area contributed by atoms with Crippen molar-refractivity contribution in [3.63, 3.8) is 0 Å². The van der Waals surface area contributed by atoms with Crippen LogP contribution in [0.25, 0.3) is 10.9 Å². The Morgan fingerprint density at radius 3 is 2.74 bits per heavy atom. The number of fused-ring (bicyclic) bond motifs is 1. The Balaban J connectivity index is 1.70. The van der Waals surface area contributed by atoms with E-state index in [4.69, 9.17) is 0 Å². The lowest BCUT2D eigenvalue weighted by Gasteiger charge is -2.29. The third-order valence-corrected chi connectivity index (χ3v) is 4.76. The quantitative estimate of drug-likeness (QED) is 0.578. The number of rotatable bonds is 5. The first-order valence-electron chi connectivity index (χ1n) is 8.90. The van der Waals surface area contributed by atoms with Crippen molar-refractivity contribution in [3.05, 3.63) is 96.2 Å². The van der Waals surface area contributed by atoms with Crippen LogP contribution in [0.5, 0.6) is 0 Å². The van der Waals surface area contributed by atoms with Crippen LogP contribution in [0.15, 0.2) is 79.4 Å². The number of carbonyl (C=O) groups is 1. The summed E-state index contributed by atoms with van der Waals surface area (Å²) in [5, 5.41) is 0.956. The van der Waals surface area contributed by atoms with E-state index in [1.807, 2.05) is 72.5 Å². The topological polar surface area (TPSA) is 61.9 Å². The molecular weight excluding hydrogens is 336 g/mol. The Morgan fingerprint density at radius 1 is 1.11 bits per heavy atom. The van der Waals surface area contributed by atoms with E-state index in [0.717, 1.165) is 22.2 Å². The predicted molar refractivity (Wildman–Crippen MR) is 105 cm³/mol. The van der Waals surface area contributed by atoms with E-state index in [2.05, 4.69) is 15.0 Å². The standard InChI is InChI=1S/C22H20N4O/c1-16(17-6-3-2-4-7-17)26(14-20-13-23-15-25-20)22(27)19-9-10-21-18(12-19)8-5-11-24-21/h2-13,15-16H,14H2,1H3,(H,23,25). The molecule has 0 fully saturated rings. The molecule has 5 heteroatoms. The van der Waals surface area contributed by atoms with Gasteiger partial charge in [0.05, 0.1) is 30.1 Å². The van der Waals surface area contributed by atoms with Crippen molar-refractivity contribution in [2.75, 3.05) is 0 Å². The molecule has 0 saturated heterocycles. The molecular formula is C22H20N4O. The van der Waals surface area contributed by atoms with Gasteiger partial charge in [0.2, 0.25) is 0 Å². The average molecular weight is 356 g/mol. The average Bonchev–Trinajstić information content (AvgIpc) is 3.24. The second-order valence-electron chi connectivity index (χ2n) is 6.51. The molecule has 5 nitrogen and oxygen atoms in total. The molecule has 0 aliphatic heterocycles. The second-order valence-corrected chi connectivity index (χ2v) is 6.51. The van der Waals surface area contributed by atoms with Crippen molar-refractivity contribution >= 4 is 16.8 Å². The molecule has 0 bridgehead atoms. The fourth-order valence-corrected chi connectivity index (χ4v) is 3.23. The third kappa shape index (κ3) is 3.58. The van der Waals surface area contributed by atoms with Crippen molar-refractivity contribution < 1.29 is 4.79 Å². The lowest BCUT2D eigenvalue weighted by Crippen LogP contribution is -2.33. The van der Waals surface area contributed by atoms with E-state index < -0.39 is 0 Å². The van der Waals surface area contributed by atoms with E-state index in [1.165, 1.54) is 0 Å². The zero-order valence-electron chi connectivity index (χ0n) is 15.0. The van der Waals surface area contributed by atoms with E-state index in [0.29, 0.717) is 12.1 Å². The summed E-state index contributed by atoms with van der Waals surface area (Å²) in [5.74, 6) is -0.0216. The maximum absolute atomic E-state index is 13.4. The van der Waals surface area contributed by atoms with Crippen molar-refractivity contribution in [3.8, 4) is 0 Å². The zero-order chi connectivity index (χ0) is 18.6. The Kier molecular flexibility index (Phi) is 4.66. The van der Waals surface area contributed by atoms with Crippen LogP contribution in [-0.4, -0.2) is 25.8 Å². The Hall–Kier alpha value is -3.47. The maximum atomic E-state index is 13.4. The molecule has 1 N–H and O–H groups in total. The molecule has 4 rings (SSSR count). The number of benzene rings is 2. The van der Waals surface area contributed by atoms with Crippen LogP contribution in [0.1, 0.15) is 34.6 Å². The molecule has 4 aromatic rings. The zero-order valence-corrected chi connectivity index (χ0v) is 15.0. The van der Waals surface area contributed by atoms with E-state index in [-0.39, 0.29) is 11.9 Å². The summed E-state index contributed by atoms with van der Waals surface area (Å²) < 4.78 is 0. The SMILES string of the molecule is CC(c1ccccc1)N(Cc1cnc[nH]1)C(=O)c1ccc2ncccc2c1. The number of carbonyl (C=O) groups excluding carboxylic acids is 1. The van der Waals surface area contributed by atoms with E-state index in [9.17, 15) is 4.79 Å². The first kappa shape index (κ1) is 17.0. The summed E-state index contributed by atoms with van der Waals surface area (Å²) in [5.41, 5.74) is 3.52. The van der Waals surface area contributed by atoms with Crippen LogP contribution < -0.4 is 0 Å². The highest BCUT2D eigenvalue weighted by Crippen LogP contribution is 2.25. The largest absolute Gasteiger partial charge is 0.347 e. The molecule has 0 aliphatic rings. The molecule has 0 aliphatic carbocycles. The summed E-state index contributed by atoms with van der Waals surface area (Å²) in [7, 11) is 0. The second kappa shape index (κ2) is 7.41. The highest BCUT2D eigenvalue weighted by molar-refractivity contribution is 5.98. The number of aromatic nitrogens is 3. The fraction of sp³-hybridized carbons (Fsp3) is 0.136. The van der Waals surface area contributed by atoms with Gasteiger partial charge in [-0.15, -0.1) is 0 Å². The van der Waals surface area contributed by atoms with Crippen LogP contribution in [-0.2, 0) is 6.54 Å². The molecule has 1 atom stereocenters. The van der Waals surface area contributed by atoms with Crippen molar-refractivity contribution in [2.45, 2.75) is 19.5 Å². The number of pyridine rings is 1. The molecule has 1 unspecified atom stereocenters. The van der Waals surface area contributed by atoms with Crippen molar-refractivity contribution in [1.29, 1.82) is 0 Å². The van der Waals surface area contributed by atoms with Gasteiger partial charge in [-0.05, 0) is 36.8 Å². The summed E-state index contributed by atoms with van der Waals surface area (Å²) in [6.07, 6.45) is 5.14. The molecule has 0 spiro atoms. The number of nitrogens with zero attached hydrogens (tertiary/aromatic N) is 3. The molecule has 2 aromatic heterocycles. The molecule has 134 valence electrons. The number of hydrogen-bond acceptors (Lipinski definition) is 3. The Bertz CT molecular complexity index is 1040. The van der Waals surface area contributed by atoms with Crippen molar-refractivity contribution in [2.24, 2.45) is 0 Å². The van der Waals surface area contributed by atoms with Gasteiger partial charge in [-0.1, -0.05) is 36.4 Å². The highest BCUT2D eigenvalue weighted by atomic mass is 16.2. The lowest BCUT2D eigenvalue weighted by molar-refractivity contribution is 0.0672. The van der Waals surface area contributed by atoms with Crippen LogP contribution in [0.2, 0.25) is 0 Å². The van der Waals surface area contributed by atoms with Crippen LogP contribution in [0, 0.1) is 0 Å². The monoisotopic (exact) mass is 356 g/mol. The minimum Gasteiger partial charge on any atom is -0.347 e. The first-order valence-corrected chi connectivity index (χ1v) is 8.90. The fourth-order valence-electron chi connectivity index (χ4n) is 3.23. The van der Waals surface area contributed by atoms with Gasteiger partial charge in [0.1, 0.15) is 0 Å². The number of H-pyrrole nitrogens is 1. The molecule has 0 saturated carbocycles. The number of nitrogens with one attached hydrogen (secondary N) is 1. The van der Waals surface area contributed by atoms with E-state index >= 15 is 0 Å². The number of amides is 1.